The van der Waals surface area contributed by atoms with Crippen LogP contribution in [0.5, 0.6) is 11.5 Å². The lowest BCUT2D eigenvalue weighted by atomic mass is 9.71. The highest BCUT2D eigenvalue weighted by Crippen LogP contribution is 2.47. The number of aromatic hydroxyl groups is 2. The topological polar surface area (TPSA) is 60.8 Å². The fourth-order valence-corrected chi connectivity index (χ4v) is 4.56. The molecule has 0 radical (unpaired) electrons. The number of carbonyl (C=O) groups excluding carboxylic acids is 1. The number of likely N-dealkylation sites (tertiary alicyclic amines) is 1. The first-order chi connectivity index (χ1) is 12.3. The molecule has 1 heterocycles. The van der Waals surface area contributed by atoms with Gasteiger partial charge < -0.3 is 15.1 Å². The summed E-state index contributed by atoms with van der Waals surface area (Å²) in [5, 5.41) is 21.4. The summed E-state index contributed by atoms with van der Waals surface area (Å²) in [4.78, 5) is 13.1. The Kier molecular flexibility index (Phi) is 5.31. The number of carbonyl (C=O) groups is 1. The number of phenols is 2. The summed E-state index contributed by atoms with van der Waals surface area (Å²) in [6, 6.07) is 3.61. The number of phenolic OH excluding ortho intramolecular Hbond substituents is 2. The number of allylic oxidation sites excluding steroid dienone is 2. The van der Waals surface area contributed by atoms with Gasteiger partial charge in [-0.2, -0.15) is 0 Å². The first kappa shape index (κ1) is 18.8. The summed E-state index contributed by atoms with van der Waals surface area (Å²) < 4.78 is 0. The van der Waals surface area contributed by atoms with Gasteiger partial charge >= 0.3 is 0 Å². The largest absolute Gasteiger partial charge is 0.507 e. The van der Waals surface area contributed by atoms with Crippen LogP contribution in [0.3, 0.4) is 0 Å². The van der Waals surface area contributed by atoms with E-state index in [0.717, 1.165) is 37.9 Å². The Hall–Kier alpha value is -1.97. The van der Waals surface area contributed by atoms with E-state index in [1.807, 2.05) is 4.90 Å². The monoisotopic (exact) mass is 357 g/mol. The van der Waals surface area contributed by atoms with E-state index >= 15 is 0 Å². The molecular weight excluding hydrogens is 326 g/mol. The molecule has 2 N–H and O–H groups in total. The Bertz CT molecular complexity index is 693. The van der Waals surface area contributed by atoms with Crippen molar-refractivity contribution in [2.24, 2.45) is 17.8 Å². The second kappa shape index (κ2) is 7.34. The quantitative estimate of drug-likeness (QED) is 0.793. The molecule has 0 bridgehead atoms. The lowest BCUT2D eigenvalue weighted by molar-refractivity contribution is -0.134. The van der Waals surface area contributed by atoms with Crippen LogP contribution >= 0.6 is 0 Å². The second-order valence-electron chi connectivity index (χ2n) is 8.53. The second-order valence-corrected chi connectivity index (χ2v) is 8.53. The van der Waals surface area contributed by atoms with Crippen molar-refractivity contribution < 1.29 is 15.0 Å². The normalized spacial score (nSPS) is 23.7. The fourth-order valence-electron chi connectivity index (χ4n) is 4.56. The van der Waals surface area contributed by atoms with Crippen LogP contribution < -0.4 is 0 Å². The van der Waals surface area contributed by atoms with Crippen molar-refractivity contribution in [2.75, 3.05) is 13.1 Å². The van der Waals surface area contributed by atoms with E-state index < -0.39 is 0 Å². The van der Waals surface area contributed by atoms with Gasteiger partial charge in [0.1, 0.15) is 11.5 Å². The Balaban J connectivity index is 1.81. The highest BCUT2D eigenvalue weighted by Gasteiger charge is 2.32. The molecule has 26 heavy (non-hydrogen) atoms. The van der Waals surface area contributed by atoms with Crippen LogP contribution in [-0.2, 0) is 11.2 Å². The molecule has 1 unspecified atom stereocenters. The zero-order valence-electron chi connectivity index (χ0n) is 16.3. The van der Waals surface area contributed by atoms with Gasteiger partial charge in [-0.25, -0.2) is 0 Å². The van der Waals surface area contributed by atoms with Crippen molar-refractivity contribution in [1.82, 2.24) is 4.90 Å². The summed E-state index contributed by atoms with van der Waals surface area (Å²) in [5.41, 5.74) is 2.94. The summed E-state index contributed by atoms with van der Waals surface area (Å²) in [6.45, 7) is 9.67. The lowest BCUT2D eigenvalue weighted by Crippen LogP contribution is -2.49. The number of hydrogen-bond donors (Lipinski definition) is 2. The van der Waals surface area contributed by atoms with Crippen molar-refractivity contribution in [1.29, 1.82) is 0 Å². The van der Waals surface area contributed by atoms with Crippen molar-refractivity contribution in [3.8, 4) is 11.5 Å². The highest BCUT2D eigenvalue weighted by atomic mass is 16.3. The molecular formula is C22H31NO3. The Morgan fingerprint density at radius 1 is 1.23 bits per heavy atom. The van der Waals surface area contributed by atoms with E-state index in [1.165, 1.54) is 5.57 Å². The number of hydrogen-bond acceptors (Lipinski definition) is 3. The van der Waals surface area contributed by atoms with Gasteiger partial charge in [-0.15, -0.1) is 0 Å². The summed E-state index contributed by atoms with van der Waals surface area (Å²) in [5.74, 6) is 1.90. The zero-order chi connectivity index (χ0) is 19.0. The maximum absolute atomic E-state index is 11.3. The van der Waals surface area contributed by atoms with E-state index in [0.29, 0.717) is 23.3 Å². The SMILES string of the molecule is CC(=O)N1CC(Cc2cc(O)c(C3C=C(C)CC[C@H]3C(C)C)c(O)c2)C1. The predicted molar refractivity (Wildman–Crippen MR) is 103 cm³/mol. The molecule has 4 heteroatoms. The van der Waals surface area contributed by atoms with E-state index in [4.69, 9.17) is 0 Å². The van der Waals surface area contributed by atoms with Crippen molar-refractivity contribution in [3.05, 3.63) is 34.9 Å². The number of nitrogens with zero attached hydrogens (tertiary/aromatic N) is 1. The molecule has 4 nitrogen and oxygen atoms in total. The summed E-state index contributed by atoms with van der Waals surface area (Å²) in [6.07, 6.45) is 5.18. The molecule has 142 valence electrons. The Labute approximate surface area is 156 Å². The van der Waals surface area contributed by atoms with Crippen LogP contribution in [-0.4, -0.2) is 34.1 Å². The molecule has 1 aliphatic heterocycles. The van der Waals surface area contributed by atoms with Crippen LogP contribution in [0.2, 0.25) is 0 Å². The molecule has 1 aromatic carbocycles. The molecule has 2 aliphatic rings. The van der Waals surface area contributed by atoms with E-state index in [-0.39, 0.29) is 23.3 Å². The predicted octanol–water partition coefficient (Wildman–Crippen LogP) is 4.21. The fraction of sp³-hybridized carbons (Fsp3) is 0.591. The minimum atomic E-state index is 0.0645. The highest BCUT2D eigenvalue weighted by molar-refractivity contribution is 5.74. The minimum absolute atomic E-state index is 0.0645. The van der Waals surface area contributed by atoms with Gasteiger partial charge in [-0.3, -0.25) is 4.79 Å². The average Bonchev–Trinajstić information content (AvgIpc) is 2.49. The van der Waals surface area contributed by atoms with Gasteiger partial charge in [-0.1, -0.05) is 25.5 Å². The molecule has 3 rings (SSSR count). The lowest BCUT2D eigenvalue weighted by Gasteiger charge is -2.39. The first-order valence-corrected chi connectivity index (χ1v) is 9.73. The van der Waals surface area contributed by atoms with Crippen molar-refractivity contribution in [3.63, 3.8) is 0 Å². The molecule has 2 atom stereocenters. The van der Waals surface area contributed by atoms with Crippen LogP contribution in [0.1, 0.15) is 57.6 Å². The number of amides is 1. The average molecular weight is 357 g/mol. The van der Waals surface area contributed by atoms with Crippen LogP contribution in [0.15, 0.2) is 23.8 Å². The standard InChI is InChI=1S/C22H31NO3/c1-13(2)18-6-5-14(3)7-19(18)22-20(25)9-16(10-21(22)26)8-17-11-23(12-17)15(4)24/h7,9-10,13,17-19,25-26H,5-6,8,11-12H2,1-4H3/t18-,19?/m0/s1. The molecule has 0 aromatic heterocycles. The van der Waals surface area contributed by atoms with Gasteiger partial charge in [0.05, 0.1) is 0 Å². The molecule has 1 amide bonds. The molecule has 0 saturated carbocycles. The van der Waals surface area contributed by atoms with Gasteiger partial charge in [0.25, 0.3) is 0 Å². The van der Waals surface area contributed by atoms with Crippen LogP contribution in [0.25, 0.3) is 0 Å². The van der Waals surface area contributed by atoms with Crippen molar-refractivity contribution in [2.45, 2.75) is 52.9 Å². The van der Waals surface area contributed by atoms with Gasteiger partial charge in [0, 0.05) is 31.5 Å². The Morgan fingerprint density at radius 2 is 1.85 bits per heavy atom. The Morgan fingerprint density at radius 3 is 2.38 bits per heavy atom. The van der Waals surface area contributed by atoms with E-state index in [9.17, 15) is 15.0 Å². The first-order valence-electron chi connectivity index (χ1n) is 9.73. The third kappa shape index (κ3) is 3.74. The molecule has 1 fully saturated rings. The summed E-state index contributed by atoms with van der Waals surface area (Å²) in [7, 11) is 0. The summed E-state index contributed by atoms with van der Waals surface area (Å²) >= 11 is 0. The third-order valence-corrected chi connectivity index (χ3v) is 6.11. The van der Waals surface area contributed by atoms with Crippen LogP contribution in [0, 0.1) is 17.8 Å². The van der Waals surface area contributed by atoms with Crippen LogP contribution in [0.4, 0.5) is 0 Å². The van der Waals surface area contributed by atoms with Gasteiger partial charge in [0.2, 0.25) is 5.91 Å². The minimum Gasteiger partial charge on any atom is -0.507 e. The van der Waals surface area contributed by atoms with Gasteiger partial charge in [-0.05, 0) is 61.6 Å². The van der Waals surface area contributed by atoms with E-state index in [2.05, 4.69) is 26.8 Å². The van der Waals surface area contributed by atoms with Gasteiger partial charge in [0.15, 0.2) is 0 Å². The molecule has 1 aliphatic carbocycles. The number of benzene rings is 1. The molecule has 1 aromatic rings. The zero-order valence-corrected chi connectivity index (χ0v) is 16.3. The molecule has 0 spiro atoms. The number of rotatable bonds is 4. The smallest absolute Gasteiger partial charge is 0.219 e. The molecule has 1 saturated heterocycles. The maximum Gasteiger partial charge on any atom is 0.219 e. The third-order valence-electron chi connectivity index (χ3n) is 6.11. The maximum atomic E-state index is 11.3. The van der Waals surface area contributed by atoms with Crippen molar-refractivity contribution >= 4 is 5.91 Å². The van der Waals surface area contributed by atoms with E-state index in [1.54, 1.807) is 19.1 Å².